The van der Waals surface area contributed by atoms with E-state index < -0.39 is 0 Å². The molecule has 1 heterocycles. The molecule has 19 heavy (non-hydrogen) atoms. The molecular formula is C16H15N3. The summed E-state index contributed by atoms with van der Waals surface area (Å²) in [6.07, 6.45) is 0. The van der Waals surface area contributed by atoms with Crippen LogP contribution in [0.4, 0.5) is 11.4 Å². The molecule has 3 rings (SSSR count). The first-order chi connectivity index (χ1) is 9.16. The highest BCUT2D eigenvalue weighted by molar-refractivity contribution is 6.00. The molecule has 3 nitrogen and oxygen atoms in total. The number of aromatic nitrogens is 1. The Hall–Kier alpha value is -2.55. The fraction of sp³-hybridized carbons (Fsp3) is 0.0625. The number of benzene rings is 2. The molecule has 0 atom stereocenters. The van der Waals surface area contributed by atoms with Crippen LogP contribution in [0.25, 0.3) is 22.0 Å². The molecular weight excluding hydrogens is 234 g/mol. The molecule has 1 aromatic heterocycles. The van der Waals surface area contributed by atoms with Crippen LogP contribution in [-0.2, 0) is 0 Å². The van der Waals surface area contributed by atoms with Gasteiger partial charge in [0.2, 0.25) is 0 Å². The summed E-state index contributed by atoms with van der Waals surface area (Å²) < 4.78 is 0. The van der Waals surface area contributed by atoms with Gasteiger partial charge in [-0.25, -0.2) is 0 Å². The zero-order chi connectivity index (χ0) is 13.4. The number of hydrogen-bond acceptors (Lipinski definition) is 3. The van der Waals surface area contributed by atoms with Gasteiger partial charge in [-0.3, -0.25) is 4.98 Å². The van der Waals surface area contributed by atoms with Gasteiger partial charge in [0.05, 0.1) is 11.2 Å². The van der Waals surface area contributed by atoms with Crippen molar-refractivity contribution in [1.82, 2.24) is 4.98 Å². The predicted molar refractivity (Wildman–Crippen MR) is 80.7 cm³/mol. The molecule has 0 bridgehead atoms. The van der Waals surface area contributed by atoms with Crippen LogP contribution >= 0.6 is 0 Å². The Bertz CT molecular complexity index is 749. The second kappa shape index (κ2) is 4.28. The Kier molecular flexibility index (Phi) is 2.60. The normalized spacial score (nSPS) is 10.8. The number of nitrogens with zero attached hydrogens (tertiary/aromatic N) is 1. The highest BCUT2D eigenvalue weighted by Gasteiger charge is 2.11. The highest BCUT2D eigenvalue weighted by Crippen LogP contribution is 2.34. The molecule has 0 saturated carbocycles. The first-order valence-corrected chi connectivity index (χ1v) is 6.17. The van der Waals surface area contributed by atoms with Crippen molar-refractivity contribution < 1.29 is 0 Å². The lowest BCUT2D eigenvalue weighted by Gasteiger charge is -2.12. The first kappa shape index (κ1) is 11.5. The molecule has 0 aliphatic carbocycles. The van der Waals surface area contributed by atoms with Crippen LogP contribution in [-0.4, -0.2) is 4.98 Å². The van der Waals surface area contributed by atoms with Crippen LogP contribution in [0.3, 0.4) is 0 Å². The van der Waals surface area contributed by atoms with Gasteiger partial charge in [-0.05, 0) is 30.7 Å². The maximum absolute atomic E-state index is 6.33. The number of pyridine rings is 1. The summed E-state index contributed by atoms with van der Waals surface area (Å²) in [5, 5.41) is 0.907. The van der Waals surface area contributed by atoms with E-state index in [-0.39, 0.29) is 0 Å². The summed E-state index contributed by atoms with van der Waals surface area (Å²) in [5.41, 5.74) is 17.5. The van der Waals surface area contributed by atoms with Gasteiger partial charge in [-0.1, -0.05) is 30.3 Å². The number of anilines is 2. The average molecular weight is 249 g/mol. The second-order valence-electron chi connectivity index (χ2n) is 4.63. The lowest BCUT2D eigenvalue weighted by atomic mass is 9.99. The quantitative estimate of drug-likeness (QED) is 0.650. The van der Waals surface area contributed by atoms with Crippen molar-refractivity contribution in [3.63, 3.8) is 0 Å². The van der Waals surface area contributed by atoms with Crippen LogP contribution in [0.15, 0.2) is 48.5 Å². The van der Waals surface area contributed by atoms with E-state index in [4.69, 9.17) is 11.5 Å². The maximum Gasteiger partial charge on any atom is 0.0727 e. The number of rotatable bonds is 1. The summed E-state index contributed by atoms with van der Waals surface area (Å²) >= 11 is 0. The van der Waals surface area contributed by atoms with E-state index >= 15 is 0 Å². The minimum absolute atomic E-state index is 0.698. The fourth-order valence-corrected chi connectivity index (χ4v) is 2.40. The van der Waals surface area contributed by atoms with Crippen molar-refractivity contribution in [3.8, 4) is 11.1 Å². The summed E-state index contributed by atoms with van der Waals surface area (Å²) in [6, 6.07) is 15.7. The van der Waals surface area contributed by atoms with Crippen molar-refractivity contribution >= 4 is 22.3 Å². The number of nitrogens with two attached hydrogens (primary N) is 2. The van der Waals surface area contributed by atoms with Crippen molar-refractivity contribution in [2.45, 2.75) is 6.92 Å². The Balaban J connectivity index is 2.37. The van der Waals surface area contributed by atoms with Crippen LogP contribution in [0.5, 0.6) is 0 Å². The molecule has 3 heteroatoms. The van der Waals surface area contributed by atoms with E-state index in [0.29, 0.717) is 5.69 Å². The minimum atomic E-state index is 0.698. The molecule has 94 valence electrons. The monoisotopic (exact) mass is 249 g/mol. The van der Waals surface area contributed by atoms with Gasteiger partial charge in [-0.2, -0.15) is 0 Å². The molecule has 0 aliphatic heterocycles. The average Bonchev–Trinajstić information content (AvgIpc) is 2.41. The Morgan fingerprint density at radius 2 is 1.68 bits per heavy atom. The zero-order valence-corrected chi connectivity index (χ0v) is 10.7. The third kappa shape index (κ3) is 1.89. The summed E-state index contributed by atoms with van der Waals surface area (Å²) in [4.78, 5) is 4.62. The van der Waals surface area contributed by atoms with Gasteiger partial charge in [0.15, 0.2) is 0 Å². The largest absolute Gasteiger partial charge is 0.399 e. The fourth-order valence-electron chi connectivity index (χ4n) is 2.40. The predicted octanol–water partition coefficient (Wildman–Crippen LogP) is 3.37. The second-order valence-corrected chi connectivity index (χ2v) is 4.63. The molecule has 0 aliphatic rings. The Morgan fingerprint density at radius 1 is 0.947 bits per heavy atom. The van der Waals surface area contributed by atoms with E-state index in [9.17, 15) is 0 Å². The van der Waals surface area contributed by atoms with E-state index in [0.717, 1.165) is 33.4 Å². The molecule has 0 fully saturated rings. The summed E-state index contributed by atoms with van der Waals surface area (Å²) in [6.45, 7) is 1.98. The van der Waals surface area contributed by atoms with Crippen molar-refractivity contribution in [2.24, 2.45) is 0 Å². The topological polar surface area (TPSA) is 64.9 Å². The first-order valence-electron chi connectivity index (χ1n) is 6.17. The van der Waals surface area contributed by atoms with Crippen LogP contribution in [0, 0.1) is 6.92 Å². The van der Waals surface area contributed by atoms with Crippen molar-refractivity contribution in [1.29, 1.82) is 0 Å². The van der Waals surface area contributed by atoms with E-state index in [1.165, 1.54) is 0 Å². The number of nitrogen functional groups attached to an aromatic ring is 2. The van der Waals surface area contributed by atoms with Crippen molar-refractivity contribution in [3.05, 3.63) is 54.2 Å². The smallest absolute Gasteiger partial charge is 0.0727 e. The third-order valence-corrected chi connectivity index (χ3v) is 3.29. The van der Waals surface area contributed by atoms with Gasteiger partial charge >= 0.3 is 0 Å². The molecule has 0 radical (unpaired) electrons. The van der Waals surface area contributed by atoms with Crippen LogP contribution in [0.1, 0.15) is 5.69 Å². The lowest BCUT2D eigenvalue weighted by Crippen LogP contribution is -1.99. The minimum Gasteiger partial charge on any atom is -0.399 e. The van der Waals surface area contributed by atoms with E-state index in [2.05, 4.69) is 4.98 Å². The van der Waals surface area contributed by atoms with Gasteiger partial charge in [0.25, 0.3) is 0 Å². The van der Waals surface area contributed by atoms with Crippen LogP contribution < -0.4 is 11.5 Å². The SMILES string of the molecule is Cc1nc2ccc(N)cc2c(N)c1-c1ccccc1. The van der Waals surface area contributed by atoms with Crippen molar-refractivity contribution in [2.75, 3.05) is 11.5 Å². The number of fused-ring (bicyclic) bond motifs is 1. The van der Waals surface area contributed by atoms with Gasteiger partial charge < -0.3 is 11.5 Å². The molecule has 2 aromatic carbocycles. The van der Waals surface area contributed by atoms with Gasteiger partial charge in [0, 0.05) is 22.3 Å². The standard InChI is InChI=1S/C16H15N3/c1-10-15(11-5-3-2-4-6-11)16(18)13-9-12(17)7-8-14(13)19-10/h2-9H,17H2,1H3,(H2,18,19). The summed E-state index contributed by atoms with van der Waals surface area (Å²) in [7, 11) is 0. The number of hydrogen-bond donors (Lipinski definition) is 2. The number of aryl methyl sites for hydroxylation is 1. The molecule has 0 unspecified atom stereocenters. The third-order valence-electron chi connectivity index (χ3n) is 3.29. The van der Waals surface area contributed by atoms with Gasteiger partial charge in [-0.15, -0.1) is 0 Å². The summed E-state index contributed by atoms with van der Waals surface area (Å²) in [5.74, 6) is 0. The molecule has 0 saturated heterocycles. The molecule has 4 N–H and O–H groups in total. The van der Waals surface area contributed by atoms with E-state index in [1.54, 1.807) is 0 Å². The lowest BCUT2D eigenvalue weighted by molar-refractivity contribution is 1.26. The molecule has 0 amide bonds. The maximum atomic E-state index is 6.33. The Morgan fingerprint density at radius 3 is 2.42 bits per heavy atom. The van der Waals surface area contributed by atoms with Crippen LogP contribution in [0.2, 0.25) is 0 Å². The highest BCUT2D eigenvalue weighted by atomic mass is 14.7. The molecule has 3 aromatic rings. The molecule has 0 spiro atoms. The van der Waals surface area contributed by atoms with E-state index in [1.807, 2.05) is 55.5 Å². The Labute approximate surface area is 111 Å². The van der Waals surface area contributed by atoms with Gasteiger partial charge in [0.1, 0.15) is 0 Å². The zero-order valence-electron chi connectivity index (χ0n) is 10.7.